The van der Waals surface area contributed by atoms with Gasteiger partial charge in [0.05, 0.1) is 35.4 Å². The summed E-state index contributed by atoms with van der Waals surface area (Å²) in [5.41, 5.74) is -1.72. The number of likely N-dealkylation sites (tertiary alicyclic amines) is 1. The van der Waals surface area contributed by atoms with Gasteiger partial charge in [-0.2, -0.15) is 0 Å². The van der Waals surface area contributed by atoms with E-state index in [0.29, 0.717) is 30.0 Å². The van der Waals surface area contributed by atoms with Crippen LogP contribution in [0.5, 0.6) is 0 Å². The number of benzene rings is 1. The Morgan fingerprint density at radius 1 is 1.32 bits per heavy atom. The number of unbranched alkanes of at least 4 members (excludes halogenated alkanes) is 1. The lowest BCUT2D eigenvalue weighted by molar-refractivity contribution is -0.161. The maximum absolute atomic E-state index is 14.3. The number of aliphatic hydroxyl groups excluding tert-OH is 1. The van der Waals surface area contributed by atoms with Gasteiger partial charge in [-0.1, -0.05) is 42.8 Å². The second-order valence-electron chi connectivity index (χ2n) is 10.2. The SMILES string of the molecule is C=CCCCOC(=O)[C@H]1[C@H]2C(=O)N(CCO)C(C(=O)N(CC=C)c3ccccc3Cl)C23CC(C)[C@]1(C)O3. The molecule has 3 saturated heterocycles. The molecule has 6 atom stereocenters. The first kappa shape index (κ1) is 27.4. The highest BCUT2D eigenvalue weighted by atomic mass is 35.5. The van der Waals surface area contributed by atoms with Crippen LogP contribution in [0, 0.1) is 17.8 Å². The van der Waals surface area contributed by atoms with E-state index in [1.807, 2.05) is 13.8 Å². The van der Waals surface area contributed by atoms with Crippen LogP contribution in [-0.2, 0) is 23.9 Å². The molecule has 200 valence electrons. The summed E-state index contributed by atoms with van der Waals surface area (Å²) in [5, 5.41) is 10.2. The van der Waals surface area contributed by atoms with Gasteiger partial charge in [0.25, 0.3) is 5.91 Å². The summed E-state index contributed by atoms with van der Waals surface area (Å²) in [6.07, 6.45) is 5.10. The molecule has 8 nitrogen and oxygen atoms in total. The Hall–Kier alpha value is -2.68. The zero-order chi connectivity index (χ0) is 27.0. The number of aliphatic hydroxyl groups is 1. The molecule has 0 saturated carbocycles. The van der Waals surface area contributed by atoms with E-state index in [9.17, 15) is 19.5 Å². The number of hydrogen-bond donors (Lipinski definition) is 1. The highest BCUT2D eigenvalue weighted by molar-refractivity contribution is 6.34. The summed E-state index contributed by atoms with van der Waals surface area (Å²) < 4.78 is 12.2. The monoisotopic (exact) mass is 530 g/mol. The van der Waals surface area contributed by atoms with Gasteiger partial charge in [0, 0.05) is 13.1 Å². The van der Waals surface area contributed by atoms with Crippen molar-refractivity contribution in [3.63, 3.8) is 0 Å². The van der Waals surface area contributed by atoms with Gasteiger partial charge in [-0.25, -0.2) is 0 Å². The predicted molar refractivity (Wildman–Crippen MR) is 140 cm³/mol. The normalized spacial score (nSPS) is 31.8. The third kappa shape index (κ3) is 4.29. The fourth-order valence-electron chi connectivity index (χ4n) is 6.47. The molecule has 3 aliphatic heterocycles. The molecule has 1 spiro atoms. The van der Waals surface area contributed by atoms with Gasteiger partial charge in [-0.05, 0) is 44.2 Å². The van der Waals surface area contributed by atoms with Gasteiger partial charge >= 0.3 is 5.97 Å². The van der Waals surface area contributed by atoms with Crippen LogP contribution in [-0.4, -0.2) is 71.3 Å². The van der Waals surface area contributed by atoms with E-state index < -0.39 is 41.0 Å². The lowest BCUT2D eigenvalue weighted by atomic mass is 9.62. The van der Waals surface area contributed by atoms with Gasteiger partial charge in [-0.3, -0.25) is 14.4 Å². The van der Waals surface area contributed by atoms with Crippen molar-refractivity contribution in [2.75, 3.05) is 31.2 Å². The molecule has 1 aromatic carbocycles. The minimum absolute atomic E-state index is 0.0620. The van der Waals surface area contributed by atoms with E-state index in [1.165, 1.54) is 9.80 Å². The van der Waals surface area contributed by atoms with Gasteiger partial charge in [0.1, 0.15) is 17.6 Å². The number of fused-ring (bicyclic) bond motifs is 1. The first-order valence-corrected chi connectivity index (χ1v) is 13.1. The van der Waals surface area contributed by atoms with Gasteiger partial charge in [0.2, 0.25) is 5.91 Å². The molecule has 3 unspecified atom stereocenters. The zero-order valence-corrected chi connectivity index (χ0v) is 22.2. The van der Waals surface area contributed by atoms with Crippen LogP contribution in [0.25, 0.3) is 0 Å². The van der Waals surface area contributed by atoms with E-state index >= 15 is 0 Å². The fraction of sp³-hybridized carbons (Fsp3) is 0.536. The quantitative estimate of drug-likeness (QED) is 0.268. The summed E-state index contributed by atoms with van der Waals surface area (Å²) in [5.74, 6) is -3.13. The minimum Gasteiger partial charge on any atom is -0.465 e. The number of anilines is 1. The first-order chi connectivity index (χ1) is 17.7. The molecule has 0 aromatic heterocycles. The van der Waals surface area contributed by atoms with Crippen molar-refractivity contribution in [2.45, 2.75) is 50.4 Å². The third-order valence-corrected chi connectivity index (χ3v) is 8.48. The number of carbonyl (C=O) groups excluding carboxylic acids is 3. The van der Waals surface area contributed by atoms with Gasteiger partial charge in [0.15, 0.2) is 0 Å². The number of rotatable bonds is 11. The van der Waals surface area contributed by atoms with E-state index in [0.717, 1.165) is 0 Å². The number of hydrogen-bond acceptors (Lipinski definition) is 6. The molecule has 37 heavy (non-hydrogen) atoms. The lowest BCUT2D eigenvalue weighted by Crippen LogP contribution is -2.57. The molecular weight excluding hydrogens is 496 g/mol. The predicted octanol–water partition coefficient (Wildman–Crippen LogP) is 3.37. The third-order valence-electron chi connectivity index (χ3n) is 8.16. The molecule has 2 amide bonds. The van der Waals surface area contributed by atoms with Crippen molar-refractivity contribution in [3.8, 4) is 0 Å². The van der Waals surface area contributed by atoms with E-state index in [-0.39, 0.29) is 38.1 Å². The van der Waals surface area contributed by atoms with Crippen LogP contribution < -0.4 is 4.90 Å². The van der Waals surface area contributed by atoms with Crippen molar-refractivity contribution in [2.24, 2.45) is 17.8 Å². The molecule has 1 aromatic rings. The molecule has 0 aliphatic carbocycles. The number of carbonyl (C=O) groups is 3. The average Bonchev–Trinajstić information content (AvgIpc) is 3.37. The number of amides is 2. The van der Waals surface area contributed by atoms with Crippen LogP contribution in [0.15, 0.2) is 49.6 Å². The van der Waals surface area contributed by atoms with Crippen molar-refractivity contribution >= 4 is 35.1 Å². The molecule has 3 aliphatic rings. The van der Waals surface area contributed by atoms with Crippen molar-refractivity contribution in [1.29, 1.82) is 0 Å². The minimum atomic E-state index is -1.23. The smallest absolute Gasteiger partial charge is 0.312 e. The van der Waals surface area contributed by atoms with Crippen molar-refractivity contribution in [1.82, 2.24) is 4.90 Å². The zero-order valence-electron chi connectivity index (χ0n) is 21.4. The maximum atomic E-state index is 14.3. The Labute approximate surface area is 222 Å². The van der Waals surface area contributed by atoms with Crippen LogP contribution >= 0.6 is 11.6 Å². The first-order valence-electron chi connectivity index (χ1n) is 12.7. The van der Waals surface area contributed by atoms with Crippen LogP contribution in [0.3, 0.4) is 0 Å². The molecule has 4 rings (SSSR count). The van der Waals surface area contributed by atoms with Crippen LogP contribution in [0.1, 0.15) is 33.1 Å². The van der Waals surface area contributed by atoms with Gasteiger partial charge < -0.3 is 24.4 Å². The molecule has 2 bridgehead atoms. The summed E-state index contributed by atoms with van der Waals surface area (Å²) in [7, 11) is 0. The summed E-state index contributed by atoms with van der Waals surface area (Å²) >= 11 is 6.45. The molecule has 3 fully saturated rings. The number of β-amino-alcohol motifs (C(OH)–C–C–N with tert-alkyl or cyclic N) is 1. The number of para-hydroxylation sites is 1. The van der Waals surface area contributed by atoms with Crippen LogP contribution in [0.4, 0.5) is 5.69 Å². The largest absolute Gasteiger partial charge is 0.465 e. The Balaban J connectivity index is 1.76. The maximum Gasteiger partial charge on any atom is 0.312 e. The number of allylic oxidation sites excluding steroid dienone is 1. The average molecular weight is 531 g/mol. The second kappa shape index (κ2) is 10.6. The number of ether oxygens (including phenoxy) is 2. The molecule has 9 heteroatoms. The molecular formula is C28H35ClN2O6. The van der Waals surface area contributed by atoms with Crippen LogP contribution in [0.2, 0.25) is 5.02 Å². The summed E-state index contributed by atoms with van der Waals surface area (Å²) in [6, 6.07) is 5.91. The van der Waals surface area contributed by atoms with E-state index in [1.54, 1.807) is 36.4 Å². The Morgan fingerprint density at radius 2 is 2.05 bits per heavy atom. The molecule has 0 radical (unpaired) electrons. The van der Waals surface area contributed by atoms with Crippen molar-refractivity contribution < 1.29 is 29.0 Å². The Morgan fingerprint density at radius 3 is 2.70 bits per heavy atom. The van der Waals surface area contributed by atoms with Gasteiger partial charge in [-0.15, -0.1) is 13.2 Å². The number of esters is 1. The topological polar surface area (TPSA) is 96.4 Å². The van der Waals surface area contributed by atoms with E-state index in [2.05, 4.69) is 13.2 Å². The molecule has 3 heterocycles. The van der Waals surface area contributed by atoms with E-state index in [4.69, 9.17) is 21.1 Å². The van der Waals surface area contributed by atoms with Crippen molar-refractivity contribution in [3.05, 3.63) is 54.6 Å². The molecule has 1 N–H and O–H groups in total. The number of nitrogens with zero attached hydrogens (tertiary/aromatic N) is 2. The highest BCUT2D eigenvalue weighted by Crippen LogP contribution is 2.65. The lowest BCUT2D eigenvalue weighted by Gasteiger charge is -2.37. The Kier molecular flexibility index (Phi) is 7.83. The second-order valence-corrected chi connectivity index (χ2v) is 10.7. The fourth-order valence-corrected chi connectivity index (χ4v) is 6.71. The summed E-state index contributed by atoms with van der Waals surface area (Å²) in [6.45, 7) is 11.2. The highest BCUT2D eigenvalue weighted by Gasteiger charge is 2.80. The number of halogens is 1. The standard InChI is InChI=1S/C28H35ClN2O6/c1-5-7-10-16-36-26(35)22-21-24(33)31(14-15-32)23(28(21)17-18(3)27(22,4)37-28)25(34)30(13-6-2)20-12-9-8-11-19(20)29/h5-6,8-9,11-12,18,21-23,32H,1-2,7,10,13-17H2,3-4H3/t18?,21-,22+,23?,27-,28?/m0/s1. The Bertz CT molecular complexity index is 1090. The summed E-state index contributed by atoms with van der Waals surface area (Å²) in [4.78, 5) is 44.5.